The number of rotatable bonds is 2. The summed E-state index contributed by atoms with van der Waals surface area (Å²) in [6.45, 7) is 2.31. The Labute approximate surface area is 149 Å². The van der Waals surface area contributed by atoms with Crippen LogP contribution < -0.4 is 0 Å². The molecule has 5 rings (SSSR count). The Hall–Kier alpha value is -2.86. The van der Waals surface area contributed by atoms with Crippen molar-refractivity contribution in [3.05, 3.63) is 107 Å². The smallest absolute Gasteiger partial charge is 0.000502 e. The summed E-state index contributed by atoms with van der Waals surface area (Å²) in [6, 6.07) is 26.3. The van der Waals surface area contributed by atoms with Crippen molar-refractivity contribution in [1.29, 1.82) is 0 Å². The minimum Gasteiger partial charge on any atom is -0.0694 e. The largest absolute Gasteiger partial charge is 0.0694 e. The van der Waals surface area contributed by atoms with Crippen LogP contribution in [0.5, 0.6) is 0 Å². The lowest BCUT2D eigenvalue weighted by molar-refractivity contribution is 0.977. The lowest BCUT2D eigenvalue weighted by atomic mass is 9.91. The highest BCUT2D eigenvalue weighted by atomic mass is 14.3. The van der Waals surface area contributed by atoms with Gasteiger partial charge >= 0.3 is 0 Å². The second-order valence-electron chi connectivity index (χ2n) is 7.04. The molecule has 1 atom stereocenters. The van der Waals surface area contributed by atoms with Gasteiger partial charge in [-0.05, 0) is 50.9 Å². The van der Waals surface area contributed by atoms with Gasteiger partial charge in [-0.1, -0.05) is 91.9 Å². The van der Waals surface area contributed by atoms with Crippen LogP contribution >= 0.6 is 0 Å². The molecule has 0 saturated heterocycles. The average Bonchev–Trinajstić information content (AvgIpc) is 3.23. The van der Waals surface area contributed by atoms with Gasteiger partial charge in [-0.15, -0.1) is 0 Å². The first-order valence-electron chi connectivity index (χ1n) is 9.00. The zero-order valence-electron chi connectivity index (χ0n) is 14.4. The van der Waals surface area contributed by atoms with Gasteiger partial charge < -0.3 is 0 Å². The molecule has 0 aromatic heterocycles. The van der Waals surface area contributed by atoms with E-state index in [0.717, 1.165) is 6.42 Å². The van der Waals surface area contributed by atoms with E-state index in [-0.39, 0.29) is 0 Å². The minimum absolute atomic E-state index is 0.449. The zero-order valence-corrected chi connectivity index (χ0v) is 14.4. The minimum atomic E-state index is 0.449. The standard InChI is InChI=1S/C25H20/c1-17-14-20(18-8-3-2-4-9-18)16-24(17)23-13-7-12-22-21-11-6-5-10-19(21)15-25(22)23/h2-14,16-17H,15H2,1H3. The summed E-state index contributed by atoms with van der Waals surface area (Å²) in [4.78, 5) is 0. The van der Waals surface area contributed by atoms with E-state index in [0.29, 0.717) is 5.92 Å². The van der Waals surface area contributed by atoms with Crippen LogP contribution in [0.25, 0.3) is 22.3 Å². The molecule has 25 heavy (non-hydrogen) atoms. The van der Waals surface area contributed by atoms with E-state index < -0.39 is 0 Å². The van der Waals surface area contributed by atoms with Crippen LogP contribution in [0.4, 0.5) is 0 Å². The molecule has 0 N–H and O–H groups in total. The summed E-state index contributed by atoms with van der Waals surface area (Å²) < 4.78 is 0. The molecule has 0 saturated carbocycles. The topological polar surface area (TPSA) is 0 Å². The van der Waals surface area contributed by atoms with Crippen LogP contribution in [0.1, 0.15) is 29.2 Å². The van der Waals surface area contributed by atoms with E-state index in [4.69, 9.17) is 0 Å². The molecule has 0 spiro atoms. The lowest BCUT2D eigenvalue weighted by Gasteiger charge is -2.13. The van der Waals surface area contributed by atoms with E-state index in [1.54, 1.807) is 0 Å². The first-order valence-corrected chi connectivity index (χ1v) is 9.00. The summed E-state index contributed by atoms with van der Waals surface area (Å²) in [5.41, 5.74) is 11.3. The lowest BCUT2D eigenvalue weighted by Crippen LogP contribution is -1.96. The van der Waals surface area contributed by atoms with Gasteiger partial charge in [0.1, 0.15) is 0 Å². The number of fused-ring (bicyclic) bond motifs is 3. The maximum atomic E-state index is 2.39. The summed E-state index contributed by atoms with van der Waals surface area (Å²) >= 11 is 0. The number of benzene rings is 3. The maximum absolute atomic E-state index is 2.39. The summed E-state index contributed by atoms with van der Waals surface area (Å²) in [6.07, 6.45) is 5.83. The van der Waals surface area contributed by atoms with Gasteiger partial charge in [0, 0.05) is 5.92 Å². The molecule has 0 heteroatoms. The Balaban J connectivity index is 1.60. The van der Waals surface area contributed by atoms with Gasteiger partial charge in [-0.3, -0.25) is 0 Å². The third-order valence-corrected chi connectivity index (χ3v) is 5.50. The third kappa shape index (κ3) is 2.29. The molecule has 0 heterocycles. The predicted molar refractivity (Wildman–Crippen MR) is 106 cm³/mol. The Morgan fingerprint density at radius 1 is 0.720 bits per heavy atom. The highest BCUT2D eigenvalue weighted by Crippen LogP contribution is 2.44. The van der Waals surface area contributed by atoms with Crippen molar-refractivity contribution in [2.45, 2.75) is 13.3 Å². The highest BCUT2D eigenvalue weighted by Gasteiger charge is 2.25. The molecule has 3 aromatic carbocycles. The zero-order chi connectivity index (χ0) is 16.8. The molecule has 2 aliphatic rings. The molecule has 0 nitrogen and oxygen atoms in total. The van der Waals surface area contributed by atoms with Gasteiger partial charge in [0.25, 0.3) is 0 Å². The first kappa shape index (κ1) is 14.5. The number of allylic oxidation sites excluding steroid dienone is 4. The Morgan fingerprint density at radius 3 is 2.32 bits per heavy atom. The quantitative estimate of drug-likeness (QED) is 0.402. The van der Waals surface area contributed by atoms with E-state index in [2.05, 4.69) is 91.9 Å². The molecule has 0 radical (unpaired) electrons. The van der Waals surface area contributed by atoms with Crippen LogP contribution in [0, 0.1) is 5.92 Å². The van der Waals surface area contributed by atoms with E-state index in [1.165, 1.54) is 44.5 Å². The normalized spacial score (nSPS) is 17.7. The van der Waals surface area contributed by atoms with Crippen molar-refractivity contribution < 1.29 is 0 Å². The van der Waals surface area contributed by atoms with Crippen molar-refractivity contribution in [2.75, 3.05) is 0 Å². The second-order valence-corrected chi connectivity index (χ2v) is 7.04. The van der Waals surface area contributed by atoms with Gasteiger partial charge in [-0.25, -0.2) is 0 Å². The summed E-state index contributed by atoms with van der Waals surface area (Å²) in [5.74, 6) is 0.449. The second kappa shape index (κ2) is 5.60. The van der Waals surface area contributed by atoms with Crippen molar-refractivity contribution in [3.63, 3.8) is 0 Å². The molecule has 2 aliphatic carbocycles. The molecular formula is C25H20. The van der Waals surface area contributed by atoms with Crippen molar-refractivity contribution in [2.24, 2.45) is 5.92 Å². The average molecular weight is 320 g/mol. The SMILES string of the molecule is CC1C=C(c2ccccc2)C=C1c1cccc2c1Cc1ccccc1-2. The fourth-order valence-corrected chi connectivity index (χ4v) is 4.27. The molecule has 3 aromatic rings. The molecular weight excluding hydrogens is 300 g/mol. The number of hydrogen-bond acceptors (Lipinski definition) is 0. The Bertz CT molecular complexity index is 1020. The van der Waals surface area contributed by atoms with Crippen molar-refractivity contribution in [3.8, 4) is 11.1 Å². The Kier molecular flexibility index (Phi) is 3.24. The van der Waals surface area contributed by atoms with Crippen LogP contribution in [0.2, 0.25) is 0 Å². The molecule has 0 aliphatic heterocycles. The van der Waals surface area contributed by atoms with Crippen LogP contribution in [0.3, 0.4) is 0 Å². The predicted octanol–water partition coefficient (Wildman–Crippen LogP) is 6.37. The fourth-order valence-electron chi connectivity index (χ4n) is 4.27. The first-order chi connectivity index (χ1) is 12.3. The fraction of sp³-hybridized carbons (Fsp3) is 0.120. The molecule has 120 valence electrons. The van der Waals surface area contributed by atoms with Crippen LogP contribution in [-0.4, -0.2) is 0 Å². The number of hydrogen-bond donors (Lipinski definition) is 0. The molecule has 1 unspecified atom stereocenters. The Morgan fingerprint density at radius 2 is 1.44 bits per heavy atom. The summed E-state index contributed by atoms with van der Waals surface area (Å²) in [7, 11) is 0. The summed E-state index contributed by atoms with van der Waals surface area (Å²) in [5, 5.41) is 0. The van der Waals surface area contributed by atoms with Crippen LogP contribution in [0.15, 0.2) is 84.9 Å². The van der Waals surface area contributed by atoms with Gasteiger partial charge in [0.2, 0.25) is 0 Å². The third-order valence-electron chi connectivity index (χ3n) is 5.50. The molecule has 0 bridgehead atoms. The molecule has 0 amide bonds. The highest BCUT2D eigenvalue weighted by molar-refractivity contribution is 5.93. The maximum Gasteiger partial charge on any atom is 0.000502 e. The van der Waals surface area contributed by atoms with Crippen LogP contribution in [-0.2, 0) is 6.42 Å². The van der Waals surface area contributed by atoms with E-state index in [1.807, 2.05) is 0 Å². The molecule has 0 fully saturated rings. The van der Waals surface area contributed by atoms with Gasteiger partial charge in [-0.2, -0.15) is 0 Å². The van der Waals surface area contributed by atoms with Crippen molar-refractivity contribution >= 4 is 11.1 Å². The van der Waals surface area contributed by atoms with E-state index >= 15 is 0 Å². The van der Waals surface area contributed by atoms with E-state index in [9.17, 15) is 0 Å². The van der Waals surface area contributed by atoms with Gasteiger partial charge in [0.15, 0.2) is 0 Å². The van der Waals surface area contributed by atoms with Crippen molar-refractivity contribution in [1.82, 2.24) is 0 Å². The van der Waals surface area contributed by atoms with Gasteiger partial charge in [0.05, 0.1) is 0 Å². The monoisotopic (exact) mass is 320 g/mol.